The number of halogens is 1. The second-order valence-electron chi connectivity index (χ2n) is 12.2. The first kappa shape index (κ1) is 28.2. The summed E-state index contributed by atoms with van der Waals surface area (Å²) in [6, 6.07) is 52.7. The minimum atomic E-state index is 0.594. The molecular weight excluding hydrogens is 640 g/mol. The van der Waals surface area contributed by atoms with E-state index in [0.29, 0.717) is 22.5 Å². The van der Waals surface area contributed by atoms with E-state index >= 15 is 0 Å². The SMILES string of the molecule is Clc1cc(-c2nc(-c3ccccc3)nc(-c3ccc4c(c3)c3ccccc3n4-c3ccccc3)n2)c2c(c1)sc1cc3ccccc3cc12. The van der Waals surface area contributed by atoms with E-state index in [0.717, 1.165) is 48.9 Å². The van der Waals surface area contributed by atoms with Gasteiger partial charge in [0.25, 0.3) is 0 Å². The Balaban J connectivity index is 1.24. The Labute approximate surface area is 290 Å². The molecule has 0 aliphatic rings. The number of rotatable bonds is 4. The van der Waals surface area contributed by atoms with Gasteiger partial charge in [0.05, 0.1) is 11.0 Å². The summed E-state index contributed by atoms with van der Waals surface area (Å²) in [6.07, 6.45) is 0. The molecule has 10 aromatic rings. The number of fused-ring (bicyclic) bond motifs is 7. The molecule has 0 amide bonds. The molecule has 230 valence electrons. The maximum Gasteiger partial charge on any atom is 0.164 e. The fraction of sp³-hybridized carbons (Fsp3) is 0. The van der Waals surface area contributed by atoms with Gasteiger partial charge in [0.15, 0.2) is 17.5 Å². The van der Waals surface area contributed by atoms with E-state index < -0.39 is 0 Å². The van der Waals surface area contributed by atoms with Gasteiger partial charge >= 0.3 is 0 Å². The second kappa shape index (κ2) is 11.1. The van der Waals surface area contributed by atoms with E-state index in [1.54, 1.807) is 11.3 Å². The van der Waals surface area contributed by atoms with Crippen LogP contribution < -0.4 is 0 Å². The van der Waals surface area contributed by atoms with Gasteiger partial charge in [0, 0.05) is 58.3 Å². The molecular formula is C43H25ClN4S. The number of aromatic nitrogens is 4. The molecule has 0 fully saturated rings. The van der Waals surface area contributed by atoms with Crippen LogP contribution in [0.25, 0.3) is 92.6 Å². The maximum absolute atomic E-state index is 6.83. The van der Waals surface area contributed by atoms with Crippen molar-refractivity contribution in [2.75, 3.05) is 0 Å². The van der Waals surface area contributed by atoms with Crippen LogP contribution in [0, 0.1) is 0 Å². The van der Waals surface area contributed by atoms with Gasteiger partial charge in [0.2, 0.25) is 0 Å². The zero-order chi connectivity index (χ0) is 32.5. The molecule has 0 bridgehead atoms. The van der Waals surface area contributed by atoms with Gasteiger partial charge in [-0.05, 0) is 71.4 Å². The third-order valence-electron chi connectivity index (χ3n) is 9.26. The topological polar surface area (TPSA) is 43.6 Å². The Morgan fingerprint density at radius 2 is 1.12 bits per heavy atom. The van der Waals surface area contributed by atoms with E-state index in [4.69, 9.17) is 26.6 Å². The van der Waals surface area contributed by atoms with Crippen LogP contribution in [0.5, 0.6) is 0 Å². The lowest BCUT2D eigenvalue weighted by atomic mass is 10.0. The predicted molar refractivity (Wildman–Crippen MR) is 206 cm³/mol. The molecule has 0 spiro atoms. The van der Waals surface area contributed by atoms with Crippen molar-refractivity contribution in [3.63, 3.8) is 0 Å². The summed E-state index contributed by atoms with van der Waals surface area (Å²) in [4.78, 5) is 15.4. The number of benzene rings is 7. The Kier molecular flexibility index (Phi) is 6.38. The second-order valence-corrected chi connectivity index (χ2v) is 13.7. The molecule has 0 saturated carbocycles. The van der Waals surface area contributed by atoms with Crippen LogP contribution in [0.1, 0.15) is 0 Å². The molecule has 4 nitrogen and oxygen atoms in total. The zero-order valence-corrected chi connectivity index (χ0v) is 27.6. The Bertz CT molecular complexity index is 2890. The highest BCUT2D eigenvalue weighted by Crippen LogP contribution is 2.43. The lowest BCUT2D eigenvalue weighted by Crippen LogP contribution is -2.00. The number of para-hydroxylation sites is 2. The molecule has 0 aliphatic heterocycles. The van der Waals surface area contributed by atoms with Crippen LogP contribution in [0.4, 0.5) is 0 Å². The summed E-state index contributed by atoms with van der Waals surface area (Å²) in [7, 11) is 0. The minimum Gasteiger partial charge on any atom is -0.309 e. The Morgan fingerprint density at radius 3 is 1.94 bits per heavy atom. The highest BCUT2D eigenvalue weighted by atomic mass is 35.5. The number of hydrogen-bond acceptors (Lipinski definition) is 4. The highest BCUT2D eigenvalue weighted by molar-refractivity contribution is 7.26. The van der Waals surface area contributed by atoms with Crippen molar-refractivity contribution >= 4 is 75.7 Å². The van der Waals surface area contributed by atoms with Crippen molar-refractivity contribution in [1.29, 1.82) is 0 Å². The van der Waals surface area contributed by atoms with Crippen LogP contribution in [0.3, 0.4) is 0 Å². The number of hydrogen-bond donors (Lipinski definition) is 0. The van der Waals surface area contributed by atoms with Crippen LogP contribution in [-0.2, 0) is 0 Å². The van der Waals surface area contributed by atoms with Gasteiger partial charge in [-0.25, -0.2) is 15.0 Å². The van der Waals surface area contributed by atoms with Crippen molar-refractivity contribution in [3.05, 3.63) is 157 Å². The molecule has 0 saturated heterocycles. The van der Waals surface area contributed by atoms with Crippen LogP contribution in [-0.4, -0.2) is 19.5 Å². The van der Waals surface area contributed by atoms with Crippen molar-refractivity contribution in [2.24, 2.45) is 0 Å². The first-order chi connectivity index (χ1) is 24.2. The summed E-state index contributed by atoms with van der Waals surface area (Å²) in [5.74, 6) is 1.82. The third kappa shape index (κ3) is 4.62. The van der Waals surface area contributed by atoms with Crippen molar-refractivity contribution < 1.29 is 0 Å². The number of nitrogens with zero attached hydrogens (tertiary/aromatic N) is 4. The summed E-state index contributed by atoms with van der Waals surface area (Å²) in [6.45, 7) is 0. The molecule has 7 aromatic carbocycles. The van der Waals surface area contributed by atoms with E-state index in [-0.39, 0.29) is 0 Å². The third-order valence-corrected chi connectivity index (χ3v) is 10.6. The predicted octanol–water partition coefficient (Wildman–Crippen LogP) is 12.1. The van der Waals surface area contributed by atoms with Gasteiger partial charge in [-0.3, -0.25) is 0 Å². The van der Waals surface area contributed by atoms with E-state index in [9.17, 15) is 0 Å². The molecule has 0 atom stereocenters. The Morgan fingerprint density at radius 1 is 0.469 bits per heavy atom. The molecule has 0 aliphatic carbocycles. The molecule has 0 radical (unpaired) electrons. The van der Waals surface area contributed by atoms with Gasteiger partial charge in [-0.2, -0.15) is 0 Å². The largest absolute Gasteiger partial charge is 0.309 e. The summed E-state index contributed by atoms with van der Waals surface area (Å²) >= 11 is 8.57. The van der Waals surface area contributed by atoms with Gasteiger partial charge in [0.1, 0.15) is 0 Å². The summed E-state index contributed by atoms with van der Waals surface area (Å²) in [5.41, 5.74) is 6.14. The van der Waals surface area contributed by atoms with Crippen LogP contribution in [0.15, 0.2) is 152 Å². The lowest BCUT2D eigenvalue weighted by molar-refractivity contribution is 1.08. The molecule has 3 aromatic heterocycles. The monoisotopic (exact) mass is 664 g/mol. The summed E-state index contributed by atoms with van der Waals surface area (Å²) in [5, 5.41) is 7.65. The molecule has 10 rings (SSSR count). The quantitative estimate of drug-likeness (QED) is 0.188. The Hall–Kier alpha value is -5.88. The first-order valence-corrected chi connectivity index (χ1v) is 17.3. The average molecular weight is 665 g/mol. The lowest BCUT2D eigenvalue weighted by Gasteiger charge is -2.11. The van der Waals surface area contributed by atoms with E-state index in [1.807, 2.05) is 48.5 Å². The van der Waals surface area contributed by atoms with Gasteiger partial charge < -0.3 is 4.57 Å². The normalized spacial score (nSPS) is 11.8. The van der Waals surface area contributed by atoms with E-state index in [1.165, 1.54) is 26.2 Å². The first-order valence-electron chi connectivity index (χ1n) is 16.1. The maximum atomic E-state index is 6.83. The van der Waals surface area contributed by atoms with Crippen molar-refractivity contribution in [3.8, 4) is 39.9 Å². The molecule has 0 N–H and O–H groups in total. The summed E-state index contributed by atoms with van der Waals surface area (Å²) < 4.78 is 4.62. The smallest absolute Gasteiger partial charge is 0.164 e. The van der Waals surface area contributed by atoms with Crippen LogP contribution >= 0.6 is 22.9 Å². The fourth-order valence-electron chi connectivity index (χ4n) is 7.04. The molecule has 49 heavy (non-hydrogen) atoms. The molecule has 6 heteroatoms. The zero-order valence-electron chi connectivity index (χ0n) is 26.0. The molecule has 3 heterocycles. The van der Waals surface area contributed by atoms with Crippen molar-refractivity contribution in [1.82, 2.24) is 19.5 Å². The van der Waals surface area contributed by atoms with Gasteiger partial charge in [-0.1, -0.05) is 103 Å². The fourth-order valence-corrected chi connectivity index (χ4v) is 8.53. The van der Waals surface area contributed by atoms with Crippen LogP contribution in [0.2, 0.25) is 5.02 Å². The highest BCUT2D eigenvalue weighted by Gasteiger charge is 2.20. The van der Waals surface area contributed by atoms with Crippen molar-refractivity contribution in [2.45, 2.75) is 0 Å². The van der Waals surface area contributed by atoms with Gasteiger partial charge in [-0.15, -0.1) is 11.3 Å². The van der Waals surface area contributed by atoms with E-state index in [2.05, 4.69) is 108 Å². The minimum absolute atomic E-state index is 0.594. The number of thiophene rings is 1. The average Bonchev–Trinajstić information content (AvgIpc) is 3.68. The molecule has 0 unspecified atom stereocenters. The standard InChI is InChI=1S/C43H25ClN4S/c44-30-24-35(40-34-21-27-13-7-8-14-28(27)23-38(34)49-39(40)25-30)43-46-41(26-11-3-1-4-12-26)45-42(47-43)29-19-20-37-33(22-29)32-17-9-10-18-36(32)48(37)31-15-5-2-6-16-31/h1-25H.